The van der Waals surface area contributed by atoms with Crippen LogP contribution in [-0.2, 0) is 22.4 Å². The van der Waals surface area contributed by atoms with Crippen molar-refractivity contribution in [3.05, 3.63) is 95.6 Å². The van der Waals surface area contributed by atoms with Gasteiger partial charge in [0.25, 0.3) is 0 Å². The molecule has 7 heteroatoms. The van der Waals surface area contributed by atoms with Crippen molar-refractivity contribution in [1.29, 1.82) is 0 Å². The topological polar surface area (TPSA) is 88.1 Å². The summed E-state index contributed by atoms with van der Waals surface area (Å²) >= 11 is 0. The van der Waals surface area contributed by atoms with E-state index >= 15 is 0 Å². The minimum Gasteiger partial charge on any atom is -0.492 e. The molecule has 2 N–H and O–H groups in total. The van der Waals surface area contributed by atoms with Crippen LogP contribution in [-0.4, -0.2) is 54.4 Å². The summed E-state index contributed by atoms with van der Waals surface area (Å²) in [5, 5.41) is 12.3. The van der Waals surface area contributed by atoms with E-state index in [9.17, 15) is 14.7 Å². The summed E-state index contributed by atoms with van der Waals surface area (Å²) in [6.45, 7) is 5.46. The van der Waals surface area contributed by atoms with Crippen molar-refractivity contribution in [2.45, 2.75) is 39.2 Å². The summed E-state index contributed by atoms with van der Waals surface area (Å²) in [4.78, 5) is 26.2. The van der Waals surface area contributed by atoms with Crippen molar-refractivity contribution in [3.8, 4) is 5.75 Å². The third-order valence-corrected chi connectivity index (χ3v) is 6.03. The van der Waals surface area contributed by atoms with Crippen LogP contribution in [0.1, 0.15) is 30.0 Å². The SMILES string of the molecule is CCOC(Cc1ccc(OCCN(CCCc2ccccc2)C(=O)Nc2ccccc2C)cc1)C(=O)O. The summed E-state index contributed by atoms with van der Waals surface area (Å²) in [5.41, 5.74) is 3.90. The number of hydrogen-bond donors (Lipinski definition) is 2. The maximum absolute atomic E-state index is 13.1. The Kier molecular flexibility index (Phi) is 11.0. The second-order valence-electron chi connectivity index (χ2n) is 8.80. The fourth-order valence-corrected chi connectivity index (χ4v) is 3.97. The second kappa shape index (κ2) is 14.7. The normalized spacial score (nSPS) is 11.5. The number of nitrogens with one attached hydrogen (secondary N) is 1. The van der Waals surface area contributed by atoms with Gasteiger partial charge in [0.05, 0.1) is 6.54 Å². The Bertz CT molecular complexity index is 1120. The fraction of sp³-hybridized carbons (Fsp3) is 0.333. The average Bonchev–Trinajstić information content (AvgIpc) is 2.90. The first-order valence-electron chi connectivity index (χ1n) is 12.7. The molecule has 3 aromatic carbocycles. The number of amides is 2. The van der Waals surface area contributed by atoms with E-state index in [0.29, 0.717) is 32.1 Å². The highest BCUT2D eigenvalue weighted by Crippen LogP contribution is 2.16. The molecule has 0 radical (unpaired) electrons. The van der Waals surface area contributed by atoms with Gasteiger partial charge in [0.15, 0.2) is 6.10 Å². The lowest BCUT2D eigenvalue weighted by molar-refractivity contribution is -0.149. The zero-order chi connectivity index (χ0) is 26.5. The van der Waals surface area contributed by atoms with Crippen molar-refractivity contribution in [1.82, 2.24) is 4.90 Å². The number of ether oxygens (including phenoxy) is 2. The van der Waals surface area contributed by atoms with Gasteiger partial charge in [-0.05, 0) is 61.6 Å². The zero-order valence-electron chi connectivity index (χ0n) is 21.6. The molecule has 37 heavy (non-hydrogen) atoms. The van der Waals surface area contributed by atoms with Crippen LogP contribution in [0.2, 0.25) is 0 Å². The highest BCUT2D eigenvalue weighted by atomic mass is 16.5. The molecule has 0 heterocycles. The lowest BCUT2D eigenvalue weighted by Gasteiger charge is -2.24. The number of carboxylic acids is 1. The lowest BCUT2D eigenvalue weighted by atomic mass is 10.1. The molecule has 3 rings (SSSR count). The highest BCUT2D eigenvalue weighted by Gasteiger charge is 2.18. The van der Waals surface area contributed by atoms with Gasteiger partial charge in [-0.25, -0.2) is 9.59 Å². The van der Waals surface area contributed by atoms with Crippen molar-refractivity contribution < 1.29 is 24.2 Å². The molecule has 0 fully saturated rings. The van der Waals surface area contributed by atoms with E-state index in [1.165, 1.54) is 5.56 Å². The first-order valence-corrected chi connectivity index (χ1v) is 12.7. The van der Waals surface area contributed by atoms with Crippen LogP contribution in [0.4, 0.5) is 10.5 Å². The summed E-state index contributed by atoms with van der Waals surface area (Å²) in [6.07, 6.45) is 1.14. The monoisotopic (exact) mass is 504 g/mol. The number of para-hydroxylation sites is 1. The van der Waals surface area contributed by atoms with E-state index in [4.69, 9.17) is 9.47 Å². The molecule has 0 spiro atoms. The molecule has 0 aromatic heterocycles. The van der Waals surface area contributed by atoms with E-state index in [-0.39, 0.29) is 12.5 Å². The molecule has 0 saturated carbocycles. The molecule has 0 bridgehead atoms. The standard InChI is InChI=1S/C30H36N2O5/c1-3-36-28(29(33)34)22-25-15-17-26(18-16-25)37-21-20-32(19-9-13-24-11-5-4-6-12-24)30(35)31-27-14-8-7-10-23(27)2/h4-8,10-12,14-18,28H,3,9,13,19-22H2,1-2H3,(H,31,35)(H,33,34). The van der Waals surface area contributed by atoms with E-state index in [2.05, 4.69) is 17.4 Å². The van der Waals surface area contributed by atoms with E-state index in [0.717, 1.165) is 29.7 Å². The Hall–Kier alpha value is -3.84. The molecule has 0 aliphatic carbocycles. The van der Waals surface area contributed by atoms with E-state index < -0.39 is 12.1 Å². The minimum atomic E-state index is -0.974. The number of rotatable bonds is 14. The molecule has 3 aromatic rings. The Labute approximate surface area is 219 Å². The Morgan fingerprint density at radius 2 is 1.62 bits per heavy atom. The van der Waals surface area contributed by atoms with Crippen LogP contribution in [0, 0.1) is 6.92 Å². The average molecular weight is 505 g/mol. The van der Waals surface area contributed by atoms with Gasteiger partial charge >= 0.3 is 12.0 Å². The summed E-state index contributed by atoms with van der Waals surface area (Å²) in [5.74, 6) is -0.311. The van der Waals surface area contributed by atoms with Gasteiger partial charge in [0.2, 0.25) is 0 Å². The van der Waals surface area contributed by atoms with Crippen LogP contribution in [0.5, 0.6) is 5.75 Å². The Morgan fingerprint density at radius 3 is 2.30 bits per heavy atom. The molecule has 0 aliphatic heterocycles. The molecule has 0 aliphatic rings. The van der Waals surface area contributed by atoms with E-state index in [1.807, 2.05) is 73.7 Å². The van der Waals surface area contributed by atoms with Crippen molar-refractivity contribution in [3.63, 3.8) is 0 Å². The zero-order valence-corrected chi connectivity index (χ0v) is 21.6. The molecule has 7 nitrogen and oxygen atoms in total. The van der Waals surface area contributed by atoms with Crippen LogP contribution < -0.4 is 10.1 Å². The number of carbonyl (C=O) groups is 2. The number of urea groups is 1. The lowest BCUT2D eigenvalue weighted by Crippen LogP contribution is -2.39. The smallest absolute Gasteiger partial charge is 0.333 e. The molecule has 196 valence electrons. The van der Waals surface area contributed by atoms with Crippen molar-refractivity contribution >= 4 is 17.7 Å². The van der Waals surface area contributed by atoms with Gasteiger partial charge < -0.3 is 24.8 Å². The first-order chi connectivity index (χ1) is 18.0. The number of carboxylic acid groups (broad SMARTS) is 1. The van der Waals surface area contributed by atoms with Gasteiger partial charge in [-0.15, -0.1) is 0 Å². The first kappa shape index (κ1) is 27.7. The second-order valence-corrected chi connectivity index (χ2v) is 8.80. The largest absolute Gasteiger partial charge is 0.492 e. The molecule has 0 saturated heterocycles. The summed E-state index contributed by atoms with van der Waals surface area (Å²) < 4.78 is 11.2. The van der Waals surface area contributed by atoms with Gasteiger partial charge in [-0.1, -0.05) is 60.7 Å². The van der Waals surface area contributed by atoms with Gasteiger partial charge in [0.1, 0.15) is 12.4 Å². The highest BCUT2D eigenvalue weighted by molar-refractivity contribution is 5.90. The third kappa shape index (κ3) is 9.28. The third-order valence-electron chi connectivity index (χ3n) is 6.03. The molecule has 2 amide bonds. The van der Waals surface area contributed by atoms with E-state index in [1.54, 1.807) is 11.8 Å². The van der Waals surface area contributed by atoms with Crippen LogP contribution in [0.25, 0.3) is 0 Å². The number of anilines is 1. The summed E-state index contributed by atoms with van der Waals surface area (Å²) in [7, 11) is 0. The van der Waals surface area contributed by atoms with Crippen LogP contribution in [0.15, 0.2) is 78.9 Å². The number of benzene rings is 3. The maximum Gasteiger partial charge on any atom is 0.333 e. The number of aliphatic carboxylic acids is 1. The fourth-order valence-electron chi connectivity index (χ4n) is 3.97. The van der Waals surface area contributed by atoms with Crippen molar-refractivity contribution in [2.75, 3.05) is 31.6 Å². The molecular weight excluding hydrogens is 468 g/mol. The number of aryl methyl sites for hydroxylation is 2. The number of hydrogen-bond acceptors (Lipinski definition) is 4. The molecule has 1 unspecified atom stereocenters. The minimum absolute atomic E-state index is 0.156. The number of nitrogens with zero attached hydrogens (tertiary/aromatic N) is 1. The molecular formula is C30H36N2O5. The van der Waals surface area contributed by atoms with Gasteiger partial charge in [-0.2, -0.15) is 0 Å². The van der Waals surface area contributed by atoms with Crippen molar-refractivity contribution in [2.24, 2.45) is 0 Å². The molecule has 1 atom stereocenters. The predicted octanol–water partition coefficient (Wildman–Crippen LogP) is 5.57. The van der Waals surface area contributed by atoms with Crippen LogP contribution in [0.3, 0.4) is 0 Å². The maximum atomic E-state index is 13.1. The quantitative estimate of drug-likeness (QED) is 0.300. The van der Waals surface area contributed by atoms with Gasteiger partial charge in [-0.3, -0.25) is 0 Å². The predicted molar refractivity (Wildman–Crippen MR) is 145 cm³/mol. The summed E-state index contributed by atoms with van der Waals surface area (Å²) in [6, 6.07) is 25.1. The van der Waals surface area contributed by atoms with Gasteiger partial charge in [0, 0.05) is 25.3 Å². The Balaban J connectivity index is 1.56. The Morgan fingerprint density at radius 1 is 0.919 bits per heavy atom. The number of carbonyl (C=O) groups excluding carboxylic acids is 1. The van der Waals surface area contributed by atoms with Crippen LogP contribution >= 0.6 is 0 Å².